The van der Waals surface area contributed by atoms with E-state index in [0.29, 0.717) is 0 Å². The number of nitrogens with zero attached hydrogens (tertiary/aromatic N) is 4. The highest BCUT2D eigenvalue weighted by Crippen LogP contribution is 2.31. The summed E-state index contributed by atoms with van der Waals surface area (Å²) in [6.45, 7) is -0.493. The number of aliphatic hydroxyl groups is 5. The zero-order chi connectivity index (χ0) is 17.2. The van der Waals surface area contributed by atoms with Crippen LogP contribution in [0, 0.1) is 0 Å². The maximum Gasteiger partial charge on any atom is 0.285 e. The normalized spacial score (nSPS) is 35.4. The summed E-state index contributed by atoms with van der Waals surface area (Å²) in [6.07, 6.45) is -6.44. The Balaban J connectivity index is 1.84. The van der Waals surface area contributed by atoms with Gasteiger partial charge in [-0.25, -0.2) is 9.55 Å². The van der Waals surface area contributed by atoms with Crippen molar-refractivity contribution in [1.82, 2.24) is 19.1 Å². The summed E-state index contributed by atoms with van der Waals surface area (Å²) < 4.78 is 7.51. The van der Waals surface area contributed by atoms with Crippen LogP contribution < -0.4 is 10.9 Å². The standard InChI is InChI=1S/C12H15N5O7/c18-1-3-5(19)6(20)11(24-3)16-2-13-4-7(16)14-12-15-8(21)10(23)17(12)9(4)22/h2-3,5-6,8,10-11,18-21,23H,1H2,(H,14,15)/t3-,5+,6?,8?,10?,11-/m1/s1. The lowest BCUT2D eigenvalue weighted by molar-refractivity contribution is -0.0511. The molecule has 2 aliphatic heterocycles. The Hall–Kier alpha value is -2.09. The van der Waals surface area contributed by atoms with Gasteiger partial charge in [-0.2, -0.15) is 4.98 Å². The first-order valence-electron chi connectivity index (χ1n) is 7.18. The number of imidazole rings is 1. The van der Waals surface area contributed by atoms with Crippen molar-refractivity contribution in [3.8, 4) is 0 Å². The van der Waals surface area contributed by atoms with Crippen LogP contribution in [0.5, 0.6) is 0 Å². The SMILES string of the molecule is O=c1c2ncn([C@@H]3O[C@H](CO)[C@H](O)C3O)c2nc2n1C(O)C(O)N2. The van der Waals surface area contributed by atoms with Gasteiger partial charge in [-0.1, -0.05) is 0 Å². The van der Waals surface area contributed by atoms with E-state index in [1.54, 1.807) is 0 Å². The van der Waals surface area contributed by atoms with Gasteiger partial charge in [0.2, 0.25) is 5.95 Å². The Kier molecular flexibility index (Phi) is 3.35. The van der Waals surface area contributed by atoms with Gasteiger partial charge in [-0.05, 0) is 0 Å². The zero-order valence-corrected chi connectivity index (χ0v) is 12.1. The number of hydrogen-bond acceptors (Lipinski definition) is 10. The fraction of sp³-hybridized carbons (Fsp3) is 0.583. The van der Waals surface area contributed by atoms with Crippen LogP contribution >= 0.6 is 0 Å². The van der Waals surface area contributed by atoms with Gasteiger partial charge in [0.15, 0.2) is 29.8 Å². The van der Waals surface area contributed by atoms with Crippen LogP contribution in [-0.2, 0) is 4.74 Å². The van der Waals surface area contributed by atoms with Crippen molar-refractivity contribution in [1.29, 1.82) is 0 Å². The molecule has 0 spiro atoms. The van der Waals surface area contributed by atoms with Crippen LogP contribution in [0.1, 0.15) is 12.5 Å². The molecule has 4 heterocycles. The predicted octanol–water partition coefficient (Wildman–Crippen LogP) is -3.56. The molecule has 1 fully saturated rings. The molecule has 2 aromatic heterocycles. The van der Waals surface area contributed by atoms with Gasteiger partial charge in [0.1, 0.15) is 18.3 Å². The third-order valence-corrected chi connectivity index (χ3v) is 4.24. The summed E-state index contributed by atoms with van der Waals surface area (Å²) >= 11 is 0. The molecule has 6 N–H and O–H groups in total. The van der Waals surface area contributed by atoms with Crippen molar-refractivity contribution >= 4 is 17.1 Å². The molecular weight excluding hydrogens is 326 g/mol. The lowest BCUT2D eigenvalue weighted by Crippen LogP contribution is -2.33. The van der Waals surface area contributed by atoms with Gasteiger partial charge in [0, 0.05) is 0 Å². The number of hydrogen-bond donors (Lipinski definition) is 6. The molecule has 24 heavy (non-hydrogen) atoms. The number of ether oxygens (including phenoxy) is 1. The molecular formula is C12H15N5O7. The monoisotopic (exact) mass is 341 g/mol. The minimum absolute atomic E-state index is 0.0369. The van der Waals surface area contributed by atoms with E-state index in [1.165, 1.54) is 10.9 Å². The van der Waals surface area contributed by atoms with Crippen LogP contribution in [0.15, 0.2) is 11.1 Å². The van der Waals surface area contributed by atoms with Gasteiger partial charge >= 0.3 is 0 Å². The Bertz CT molecular complexity index is 850. The van der Waals surface area contributed by atoms with E-state index in [-0.39, 0.29) is 17.1 Å². The summed E-state index contributed by atoms with van der Waals surface area (Å²) in [5, 5.41) is 50.9. The molecule has 0 bridgehead atoms. The molecule has 12 nitrogen and oxygen atoms in total. The first kappa shape index (κ1) is 15.4. The molecule has 130 valence electrons. The number of anilines is 1. The second-order valence-corrected chi connectivity index (χ2v) is 5.67. The Labute approximate surface area is 133 Å². The van der Waals surface area contributed by atoms with E-state index in [4.69, 9.17) is 9.84 Å². The summed E-state index contributed by atoms with van der Waals surface area (Å²) in [4.78, 5) is 20.5. The van der Waals surface area contributed by atoms with E-state index in [9.17, 15) is 25.2 Å². The third kappa shape index (κ3) is 1.92. The summed E-state index contributed by atoms with van der Waals surface area (Å²) in [6, 6.07) is 0. The van der Waals surface area contributed by atoms with E-state index in [1.807, 2.05) is 0 Å². The maximum absolute atomic E-state index is 12.4. The van der Waals surface area contributed by atoms with E-state index >= 15 is 0 Å². The minimum Gasteiger partial charge on any atom is -0.394 e. The summed E-state index contributed by atoms with van der Waals surface area (Å²) in [5.41, 5.74) is -0.752. The molecule has 2 aliphatic rings. The van der Waals surface area contributed by atoms with Gasteiger partial charge in [0.05, 0.1) is 12.9 Å². The molecule has 0 amide bonds. The van der Waals surface area contributed by atoms with Crippen molar-refractivity contribution in [2.24, 2.45) is 0 Å². The smallest absolute Gasteiger partial charge is 0.285 e. The number of rotatable bonds is 2. The highest BCUT2D eigenvalue weighted by Gasteiger charge is 2.44. The van der Waals surface area contributed by atoms with Crippen molar-refractivity contribution in [2.75, 3.05) is 11.9 Å². The minimum atomic E-state index is -1.50. The quantitative estimate of drug-likeness (QED) is 0.320. The summed E-state index contributed by atoms with van der Waals surface area (Å²) in [5.74, 6) is -0.0685. The molecule has 6 atom stereocenters. The van der Waals surface area contributed by atoms with Crippen molar-refractivity contribution in [3.63, 3.8) is 0 Å². The lowest BCUT2D eigenvalue weighted by atomic mass is 10.1. The second-order valence-electron chi connectivity index (χ2n) is 5.67. The van der Waals surface area contributed by atoms with Crippen LogP contribution in [0.3, 0.4) is 0 Å². The van der Waals surface area contributed by atoms with Crippen LogP contribution in [0.2, 0.25) is 0 Å². The van der Waals surface area contributed by atoms with Gasteiger partial charge < -0.3 is 35.6 Å². The molecule has 4 rings (SSSR count). The van der Waals surface area contributed by atoms with E-state index in [2.05, 4.69) is 15.3 Å². The number of fused-ring (bicyclic) bond motifs is 2. The lowest BCUT2D eigenvalue weighted by Gasteiger charge is -2.16. The Morgan fingerprint density at radius 1 is 1.25 bits per heavy atom. The first-order valence-corrected chi connectivity index (χ1v) is 7.18. The van der Waals surface area contributed by atoms with Crippen molar-refractivity contribution in [2.45, 2.75) is 37.0 Å². The Morgan fingerprint density at radius 2 is 2.00 bits per heavy atom. The number of aliphatic hydroxyl groups excluding tert-OH is 5. The van der Waals surface area contributed by atoms with Gasteiger partial charge in [-0.15, -0.1) is 0 Å². The average molecular weight is 341 g/mol. The zero-order valence-electron chi connectivity index (χ0n) is 12.1. The first-order chi connectivity index (χ1) is 11.4. The molecule has 0 aliphatic carbocycles. The molecule has 3 unspecified atom stereocenters. The van der Waals surface area contributed by atoms with E-state index < -0.39 is 49.2 Å². The highest BCUT2D eigenvalue weighted by atomic mass is 16.6. The van der Waals surface area contributed by atoms with Gasteiger partial charge in [0.25, 0.3) is 5.56 Å². The predicted molar refractivity (Wildman–Crippen MR) is 75.7 cm³/mol. The molecule has 12 heteroatoms. The Morgan fingerprint density at radius 3 is 2.67 bits per heavy atom. The highest BCUT2D eigenvalue weighted by molar-refractivity contribution is 5.71. The molecule has 1 saturated heterocycles. The van der Waals surface area contributed by atoms with Crippen molar-refractivity contribution < 1.29 is 30.3 Å². The average Bonchev–Trinajstić information content (AvgIpc) is 3.18. The van der Waals surface area contributed by atoms with Crippen molar-refractivity contribution in [3.05, 3.63) is 16.7 Å². The maximum atomic E-state index is 12.4. The fourth-order valence-electron chi connectivity index (χ4n) is 2.97. The van der Waals surface area contributed by atoms with Crippen LogP contribution in [-0.4, -0.2) is 75.8 Å². The van der Waals surface area contributed by atoms with Crippen LogP contribution in [0.25, 0.3) is 11.2 Å². The van der Waals surface area contributed by atoms with Gasteiger partial charge in [-0.3, -0.25) is 9.36 Å². The molecule has 0 saturated carbocycles. The topological polar surface area (TPSA) is 175 Å². The largest absolute Gasteiger partial charge is 0.394 e. The molecule has 0 radical (unpaired) electrons. The van der Waals surface area contributed by atoms with Crippen LogP contribution in [0.4, 0.5) is 5.95 Å². The summed E-state index contributed by atoms with van der Waals surface area (Å²) in [7, 11) is 0. The third-order valence-electron chi connectivity index (χ3n) is 4.24. The fourth-order valence-corrected chi connectivity index (χ4v) is 2.97. The second kappa shape index (κ2) is 5.20. The van der Waals surface area contributed by atoms with E-state index in [0.717, 1.165) is 4.57 Å². The number of aromatic nitrogens is 4. The molecule has 2 aromatic rings. The number of nitrogens with one attached hydrogen (secondary N) is 1. The molecule has 0 aromatic carbocycles.